The Morgan fingerprint density at radius 2 is 2.15 bits per heavy atom. The van der Waals surface area contributed by atoms with Crippen molar-refractivity contribution in [1.82, 2.24) is 0 Å². The zero-order chi connectivity index (χ0) is 18.5. The molecule has 0 bridgehead atoms. The number of fused-ring (bicyclic) bond motifs is 1. The maximum Gasteiger partial charge on any atom is 0.266 e. The molecule has 1 aliphatic heterocycles. The second-order valence-corrected chi connectivity index (χ2v) is 5.95. The first kappa shape index (κ1) is 17.6. The Hall–Kier alpha value is -3.23. The first-order valence-corrected chi connectivity index (χ1v) is 8.17. The summed E-state index contributed by atoms with van der Waals surface area (Å²) in [7, 11) is 1.51. The number of benzene rings is 2. The summed E-state index contributed by atoms with van der Waals surface area (Å²) in [6.45, 7) is 0.266. The van der Waals surface area contributed by atoms with Crippen molar-refractivity contribution in [2.24, 2.45) is 0 Å². The molecule has 130 valence electrons. The minimum atomic E-state index is -0.519. The number of ether oxygens (including phenoxy) is 2. The van der Waals surface area contributed by atoms with E-state index < -0.39 is 5.91 Å². The first-order valence-electron chi connectivity index (χ1n) is 7.80. The quantitative estimate of drug-likeness (QED) is 0.649. The molecule has 0 saturated heterocycles. The Morgan fingerprint density at radius 1 is 1.35 bits per heavy atom. The predicted molar refractivity (Wildman–Crippen MR) is 100 cm³/mol. The van der Waals surface area contributed by atoms with Crippen LogP contribution < -0.4 is 14.8 Å². The average molecular weight is 367 g/mol. The number of nitrogens with one attached hydrogen (secondary N) is 1. The largest absolute Gasteiger partial charge is 0.495 e. The van der Waals surface area contributed by atoms with Crippen LogP contribution in [0.5, 0.6) is 11.5 Å². The molecule has 1 amide bonds. The summed E-state index contributed by atoms with van der Waals surface area (Å²) in [5.74, 6) is 0.709. The Morgan fingerprint density at radius 3 is 2.92 bits per heavy atom. The van der Waals surface area contributed by atoms with Crippen LogP contribution in [-0.4, -0.2) is 19.6 Å². The highest BCUT2D eigenvalue weighted by atomic mass is 35.5. The highest BCUT2D eigenvalue weighted by Gasteiger charge is 2.15. The molecule has 1 N–H and O–H groups in total. The number of rotatable bonds is 4. The molecule has 3 rings (SSSR count). The lowest BCUT2D eigenvalue weighted by atomic mass is 10.0. The summed E-state index contributed by atoms with van der Waals surface area (Å²) in [5, 5.41) is 12.6. The Labute approximate surface area is 156 Å². The van der Waals surface area contributed by atoms with Crippen LogP contribution in [0.3, 0.4) is 0 Å². The van der Waals surface area contributed by atoms with Crippen LogP contribution in [-0.2, 0) is 4.79 Å². The second-order valence-electron chi connectivity index (χ2n) is 5.51. The molecule has 0 unspecified atom stereocenters. The van der Waals surface area contributed by atoms with Gasteiger partial charge >= 0.3 is 0 Å². The van der Waals surface area contributed by atoms with E-state index in [-0.39, 0.29) is 12.2 Å². The minimum Gasteiger partial charge on any atom is -0.495 e. The number of carbonyl (C=O) groups is 1. The van der Waals surface area contributed by atoms with E-state index in [1.807, 2.05) is 12.1 Å². The third-order valence-electron chi connectivity index (χ3n) is 3.76. The topological polar surface area (TPSA) is 71.3 Å². The number of hydrogen-bond donors (Lipinski definition) is 1. The summed E-state index contributed by atoms with van der Waals surface area (Å²) < 4.78 is 10.8. The highest BCUT2D eigenvalue weighted by molar-refractivity contribution is 6.30. The van der Waals surface area contributed by atoms with Gasteiger partial charge in [-0.15, -0.1) is 0 Å². The van der Waals surface area contributed by atoms with Crippen LogP contribution in [0.15, 0.2) is 59.7 Å². The van der Waals surface area contributed by atoms with Gasteiger partial charge < -0.3 is 14.8 Å². The molecule has 0 aliphatic carbocycles. The molecule has 2 aromatic carbocycles. The maximum absolute atomic E-state index is 12.4. The van der Waals surface area contributed by atoms with Gasteiger partial charge in [-0.3, -0.25) is 4.79 Å². The Balaban J connectivity index is 1.84. The van der Waals surface area contributed by atoms with Gasteiger partial charge in [0.1, 0.15) is 29.7 Å². The van der Waals surface area contributed by atoms with Gasteiger partial charge in [0.15, 0.2) is 0 Å². The molecule has 2 aromatic rings. The van der Waals surface area contributed by atoms with E-state index >= 15 is 0 Å². The number of halogens is 1. The summed E-state index contributed by atoms with van der Waals surface area (Å²) in [4.78, 5) is 12.4. The zero-order valence-corrected chi connectivity index (χ0v) is 14.7. The van der Waals surface area contributed by atoms with E-state index in [4.69, 9.17) is 21.1 Å². The van der Waals surface area contributed by atoms with Crippen molar-refractivity contribution in [3.05, 3.63) is 70.3 Å². The summed E-state index contributed by atoms with van der Waals surface area (Å²) in [6.07, 6.45) is 3.35. The van der Waals surface area contributed by atoms with E-state index in [1.165, 1.54) is 13.2 Å². The number of hydrogen-bond acceptors (Lipinski definition) is 4. The van der Waals surface area contributed by atoms with Crippen LogP contribution in [0, 0.1) is 11.3 Å². The van der Waals surface area contributed by atoms with Gasteiger partial charge in [-0.05, 0) is 48.1 Å². The smallest absolute Gasteiger partial charge is 0.266 e. The van der Waals surface area contributed by atoms with Crippen molar-refractivity contribution in [3.8, 4) is 17.6 Å². The third-order valence-corrected chi connectivity index (χ3v) is 3.99. The normalized spacial score (nSPS) is 13.0. The first-order chi connectivity index (χ1) is 12.6. The number of amides is 1. The average Bonchev–Trinajstić information content (AvgIpc) is 2.66. The predicted octanol–water partition coefficient (Wildman–Crippen LogP) is 4.21. The number of carbonyl (C=O) groups excluding carboxylic acids is 1. The lowest BCUT2D eigenvalue weighted by Gasteiger charge is -2.16. The minimum absolute atomic E-state index is 0.0313. The SMILES string of the molecule is COc1ccccc1NC(=O)/C(C#N)=C/C1=Cc2cc(Cl)ccc2OC1. The molecular formula is C20H15ClN2O3. The Kier molecular flexibility index (Phi) is 5.26. The van der Waals surface area contributed by atoms with Crippen molar-refractivity contribution in [1.29, 1.82) is 5.26 Å². The van der Waals surface area contributed by atoms with Crippen LogP contribution in [0.25, 0.3) is 6.08 Å². The molecule has 1 aliphatic rings. The van der Waals surface area contributed by atoms with Crippen molar-refractivity contribution in [2.45, 2.75) is 0 Å². The van der Waals surface area contributed by atoms with Gasteiger partial charge in [0.05, 0.1) is 12.8 Å². The number of para-hydroxylation sites is 2. The molecule has 0 aromatic heterocycles. The van der Waals surface area contributed by atoms with Gasteiger partial charge in [0.25, 0.3) is 5.91 Å². The van der Waals surface area contributed by atoms with Crippen LogP contribution >= 0.6 is 11.6 Å². The van der Waals surface area contributed by atoms with Gasteiger partial charge in [-0.2, -0.15) is 5.26 Å². The van der Waals surface area contributed by atoms with Crippen molar-refractivity contribution < 1.29 is 14.3 Å². The number of methoxy groups -OCH3 is 1. The van der Waals surface area contributed by atoms with Gasteiger partial charge in [0.2, 0.25) is 0 Å². The van der Waals surface area contributed by atoms with Crippen molar-refractivity contribution >= 4 is 29.3 Å². The molecule has 5 nitrogen and oxygen atoms in total. The molecule has 0 spiro atoms. The standard InChI is InChI=1S/C20H15ClN2O3/c1-25-19-5-3-2-4-17(19)23-20(24)15(11-22)9-13-8-14-10-16(21)6-7-18(14)26-12-13/h2-10H,12H2,1H3,(H,23,24)/b15-9+. The maximum atomic E-state index is 12.4. The van der Waals surface area contributed by atoms with E-state index in [1.54, 1.807) is 42.5 Å². The number of nitriles is 1. The number of nitrogens with zero attached hydrogens (tertiary/aromatic N) is 1. The molecule has 0 saturated carbocycles. The van der Waals surface area contributed by atoms with Crippen LogP contribution in [0.2, 0.25) is 5.02 Å². The van der Waals surface area contributed by atoms with E-state index in [0.717, 1.165) is 5.56 Å². The third kappa shape index (κ3) is 3.88. The van der Waals surface area contributed by atoms with Crippen LogP contribution in [0.4, 0.5) is 5.69 Å². The lowest BCUT2D eigenvalue weighted by molar-refractivity contribution is -0.112. The molecule has 26 heavy (non-hydrogen) atoms. The summed E-state index contributed by atoms with van der Waals surface area (Å²) in [5.41, 5.74) is 1.97. The lowest BCUT2D eigenvalue weighted by Crippen LogP contribution is -2.15. The van der Waals surface area contributed by atoms with Gasteiger partial charge in [-0.1, -0.05) is 23.7 Å². The monoisotopic (exact) mass is 366 g/mol. The fraction of sp³-hybridized carbons (Fsp3) is 0.100. The second kappa shape index (κ2) is 7.77. The molecular weight excluding hydrogens is 352 g/mol. The molecule has 0 fully saturated rings. The van der Waals surface area contributed by atoms with Crippen molar-refractivity contribution in [3.63, 3.8) is 0 Å². The number of anilines is 1. The highest BCUT2D eigenvalue weighted by Crippen LogP contribution is 2.30. The molecule has 6 heteroatoms. The van der Waals surface area contributed by atoms with E-state index in [9.17, 15) is 10.1 Å². The van der Waals surface area contributed by atoms with E-state index in [2.05, 4.69) is 5.32 Å². The van der Waals surface area contributed by atoms with Gasteiger partial charge in [0, 0.05) is 10.6 Å². The summed E-state index contributed by atoms with van der Waals surface area (Å²) >= 11 is 6.00. The fourth-order valence-electron chi connectivity index (χ4n) is 2.52. The van der Waals surface area contributed by atoms with Gasteiger partial charge in [-0.25, -0.2) is 0 Å². The Bertz CT molecular complexity index is 958. The summed E-state index contributed by atoms with van der Waals surface area (Å²) in [6, 6.07) is 14.2. The molecule has 1 heterocycles. The van der Waals surface area contributed by atoms with Crippen molar-refractivity contribution in [2.75, 3.05) is 19.0 Å². The fourth-order valence-corrected chi connectivity index (χ4v) is 2.70. The molecule has 0 radical (unpaired) electrons. The molecule has 0 atom stereocenters. The van der Waals surface area contributed by atoms with E-state index in [0.29, 0.717) is 27.8 Å². The zero-order valence-electron chi connectivity index (χ0n) is 14.0. The van der Waals surface area contributed by atoms with Crippen LogP contribution in [0.1, 0.15) is 5.56 Å².